The van der Waals surface area contributed by atoms with E-state index in [0.29, 0.717) is 5.76 Å². The zero-order valence-electron chi connectivity index (χ0n) is 9.10. The van der Waals surface area contributed by atoms with E-state index in [0.717, 1.165) is 0 Å². The molecule has 0 spiro atoms. The van der Waals surface area contributed by atoms with Gasteiger partial charge in [-0.1, -0.05) is 0 Å². The summed E-state index contributed by atoms with van der Waals surface area (Å²) in [6.45, 7) is 1.41. The number of nitrogens with zero attached hydrogens (tertiary/aromatic N) is 2. The van der Waals surface area contributed by atoms with Gasteiger partial charge in [0.05, 0.1) is 12.7 Å². The van der Waals surface area contributed by atoms with Gasteiger partial charge in [-0.3, -0.25) is 0 Å². The van der Waals surface area contributed by atoms with E-state index in [2.05, 4.69) is 15.3 Å². The summed E-state index contributed by atoms with van der Waals surface area (Å²) in [5.74, 6) is -6.02. The fourth-order valence-corrected chi connectivity index (χ4v) is 1.29. The second-order valence-corrected chi connectivity index (χ2v) is 3.41. The monoisotopic (exact) mass is 261 g/mol. The van der Waals surface area contributed by atoms with E-state index in [9.17, 15) is 17.6 Å². The van der Waals surface area contributed by atoms with Crippen molar-refractivity contribution < 1.29 is 22.0 Å². The largest absolute Gasteiger partial charge is 0.444 e. The molecule has 0 aliphatic rings. The van der Waals surface area contributed by atoms with Crippen molar-refractivity contribution in [3.63, 3.8) is 0 Å². The van der Waals surface area contributed by atoms with Gasteiger partial charge in [0.1, 0.15) is 11.4 Å². The molecule has 2 rings (SSSR count). The van der Waals surface area contributed by atoms with Crippen molar-refractivity contribution in [3.05, 3.63) is 41.4 Å². The van der Waals surface area contributed by atoms with Crippen molar-refractivity contribution in [1.29, 1.82) is 0 Å². The van der Waals surface area contributed by atoms with Crippen LogP contribution in [0.4, 0.5) is 23.2 Å². The third kappa shape index (κ3) is 2.27. The number of oxazole rings is 1. The van der Waals surface area contributed by atoms with E-state index in [-0.39, 0.29) is 12.4 Å². The summed E-state index contributed by atoms with van der Waals surface area (Å²) >= 11 is 0. The highest BCUT2D eigenvalue weighted by molar-refractivity contribution is 5.45. The lowest BCUT2D eigenvalue weighted by molar-refractivity contribution is 0.409. The molecule has 0 bridgehead atoms. The number of halogens is 4. The lowest BCUT2D eigenvalue weighted by atomic mass is 10.3. The molecule has 2 aromatic heterocycles. The summed E-state index contributed by atoms with van der Waals surface area (Å²) in [5, 5.41) is 2.17. The number of pyridine rings is 1. The van der Waals surface area contributed by atoms with Crippen LogP contribution in [0.25, 0.3) is 0 Å². The smallest absolute Gasteiger partial charge is 0.253 e. The maximum absolute atomic E-state index is 13.2. The zero-order chi connectivity index (χ0) is 13.3. The Morgan fingerprint density at radius 2 is 1.78 bits per heavy atom. The first kappa shape index (κ1) is 12.3. The molecule has 0 saturated carbocycles. The topological polar surface area (TPSA) is 51.0 Å². The van der Waals surface area contributed by atoms with E-state index in [1.165, 1.54) is 6.20 Å². The Morgan fingerprint density at radius 3 is 2.28 bits per heavy atom. The van der Waals surface area contributed by atoms with Gasteiger partial charge in [-0.15, -0.1) is 0 Å². The number of anilines is 1. The van der Waals surface area contributed by atoms with E-state index in [4.69, 9.17) is 4.42 Å². The molecule has 96 valence electrons. The molecule has 0 aliphatic heterocycles. The summed E-state index contributed by atoms with van der Waals surface area (Å²) in [5.41, 5.74) is -0.948. The summed E-state index contributed by atoms with van der Waals surface area (Å²) in [6, 6.07) is 0. The van der Waals surface area contributed by atoms with Crippen LogP contribution in [-0.4, -0.2) is 9.97 Å². The third-order valence-electron chi connectivity index (χ3n) is 2.08. The molecule has 0 amide bonds. The van der Waals surface area contributed by atoms with E-state index >= 15 is 0 Å². The van der Waals surface area contributed by atoms with Crippen LogP contribution < -0.4 is 5.32 Å². The zero-order valence-corrected chi connectivity index (χ0v) is 9.10. The molecule has 18 heavy (non-hydrogen) atoms. The van der Waals surface area contributed by atoms with Crippen molar-refractivity contribution in [3.8, 4) is 0 Å². The minimum atomic E-state index is -1.72. The highest BCUT2D eigenvalue weighted by Gasteiger charge is 2.20. The number of aryl methyl sites for hydroxylation is 1. The molecule has 0 fully saturated rings. The van der Waals surface area contributed by atoms with Gasteiger partial charge >= 0.3 is 0 Å². The molecule has 8 heteroatoms. The van der Waals surface area contributed by atoms with E-state index < -0.39 is 29.2 Å². The van der Waals surface area contributed by atoms with Crippen LogP contribution in [-0.2, 0) is 6.54 Å². The molecule has 0 aromatic carbocycles. The van der Waals surface area contributed by atoms with Gasteiger partial charge < -0.3 is 9.73 Å². The lowest BCUT2D eigenvalue weighted by Gasteiger charge is -2.07. The van der Waals surface area contributed by atoms with Crippen molar-refractivity contribution in [2.45, 2.75) is 13.5 Å². The van der Waals surface area contributed by atoms with E-state index in [1.807, 2.05) is 0 Å². The molecule has 0 aliphatic carbocycles. The van der Waals surface area contributed by atoms with Crippen LogP contribution in [0.1, 0.15) is 11.7 Å². The van der Waals surface area contributed by atoms with Crippen molar-refractivity contribution in [1.82, 2.24) is 9.97 Å². The molecule has 0 atom stereocenters. The second-order valence-electron chi connectivity index (χ2n) is 3.41. The molecule has 0 radical (unpaired) electrons. The van der Waals surface area contributed by atoms with Crippen LogP contribution in [0, 0.1) is 30.5 Å². The number of rotatable bonds is 3. The Bertz CT molecular complexity index is 558. The van der Waals surface area contributed by atoms with Crippen molar-refractivity contribution in [2.75, 3.05) is 5.32 Å². The molecular formula is C10H7F4N3O. The maximum atomic E-state index is 13.2. The Hall–Kier alpha value is -2.12. The molecule has 4 nitrogen and oxygen atoms in total. The van der Waals surface area contributed by atoms with Crippen LogP contribution in [0.2, 0.25) is 0 Å². The Balaban J connectivity index is 2.24. The van der Waals surface area contributed by atoms with Gasteiger partial charge in [0.15, 0.2) is 0 Å². The fourth-order valence-electron chi connectivity index (χ4n) is 1.29. The molecule has 0 unspecified atom stereocenters. The fraction of sp³-hybridized carbons (Fsp3) is 0.200. The average Bonchev–Trinajstić information content (AvgIpc) is 2.73. The third-order valence-corrected chi connectivity index (χ3v) is 2.08. The normalized spacial score (nSPS) is 10.7. The van der Waals surface area contributed by atoms with Gasteiger partial charge in [-0.05, 0) is 6.92 Å². The predicted octanol–water partition coefficient (Wildman–Crippen LogP) is 2.55. The van der Waals surface area contributed by atoms with Crippen LogP contribution in [0.3, 0.4) is 0 Å². The van der Waals surface area contributed by atoms with Crippen LogP contribution >= 0.6 is 0 Å². The second kappa shape index (κ2) is 4.63. The summed E-state index contributed by atoms with van der Waals surface area (Å²) in [4.78, 5) is 6.19. The number of aromatic nitrogens is 2. The quantitative estimate of drug-likeness (QED) is 0.681. The Kier molecular flexibility index (Phi) is 3.17. The minimum Gasteiger partial charge on any atom is -0.444 e. The number of hydrogen-bond acceptors (Lipinski definition) is 4. The standard InChI is InChI=1S/C10H7F4N3O/c1-4-2-15-5(18-4)3-16-8-6(11)9(13)17-10(14)7(8)12/h2H,3H2,1H3,(H,16,17). The molecule has 0 saturated heterocycles. The van der Waals surface area contributed by atoms with Crippen molar-refractivity contribution >= 4 is 5.69 Å². The number of nitrogens with one attached hydrogen (secondary N) is 1. The van der Waals surface area contributed by atoms with Gasteiger partial charge in [0.2, 0.25) is 17.5 Å². The first-order valence-electron chi connectivity index (χ1n) is 4.84. The molecule has 1 N–H and O–H groups in total. The summed E-state index contributed by atoms with van der Waals surface area (Å²) in [7, 11) is 0. The summed E-state index contributed by atoms with van der Waals surface area (Å²) in [6.07, 6.45) is 1.40. The molecule has 2 aromatic rings. The molecule has 2 heterocycles. The SMILES string of the molecule is Cc1cnc(CNc2c(F)c(F)nc(F)c2F)o1. The lowest BCUT2D eigenvalue weighted by Crippen LogP contribution is -2.09. The highest BCUT2D eigenvalue weighted by Crippen LogP contribution is 2.22. The van der Waals surface area contributed by atoms with Gasteiger partial charge in [-0.2, -0.15) is 22.5 Å². The Labute approximate surface area is 98.7 Å². The first-order chi connectivity index (χ1) is 8.49. The van der Waals surface area contributed by atoms with Gasteiger partial charge in [0, 0.05) is 0 Å². The molecular weight excluding hydrogens is 254 g/mol. The maximum Gasteiger partial charge on any atom is 0.253 e. The van der Waals surface area contributed by atoms with E-state index in [1.54, 1.807) is 6.92 Å². The Morgan fingerprint density at radius 1 is 1.17 bits per heavy atom. The van der Waals surface area contributed by atoms with Crippen LogP contribution in [0.5, 0.6) is 0 Å². The van der Waals surface area contributed by atoms with Gasteiger partial charge in [0.25, 0.3) is 11.9 Å². The average molecular weight is 261 g/mol. The predicted molar refractivity (Wildman–Crippen MR) is 52.6 cm³/mol. The van der Waals surface area contributed by atoms with Crippen molar-refractivity contribution in [2.24, 2.45) is 0 Å². The number of hydrogen-bond donors (Lipinski definition) is 1. The van der Waals surface area contributed by atoms with Crippen LogP contribution in [0.15, 0.2) is 10.6 Å². The minimum absolute atomic E-state index is 0.129. The summed E-state index contributed by atoms with van der Waals surface area (Å²) < 4.78 is 57.0. The first-order valence-corrected chi connectivity index (χ1v) is 4.84. The highest BCUT2D eigenvalue weighted by atomic mass is 19.2. The van der Waals surface area contributed by atoms with Gasteiger partial charge in [-0.25, -0.2) is 4.98 Å².